The van der Waals surface area contributed by atoms with Gasteiger partial charge < -0.3 is 10.4 Å². The molecule has 1 saturated carbocycles. The second kappa shape index (κ2) is 5.04. The van der Waals surface area contributed by atoms with Crippen LogP contribution in [0.15, 0.2) is 0 Å². The fraction of sp³-hybridized carbons (Fsp3) is 0.833. The number of carboxylic acids is 1. The lowest BCUT2D eigenvalue weighted by Gasteiger charge is -2.14. The van der Waals surface area contributed by atoms with Crippen LogP contribution in [0.5, 0.6) is 0 Å². The molecule has 0 spiro atoms. The summed E-state index contributed by atoms with van der Waals surface area (Å²) in [7, 11) is 0. The molecule has 1 amide bonds. The van der Waals surface area contributed by atoms with Crippen LogP contribution in [-0.2, 0) is 9.59 Å². The lowest BCUT2D eigenvalue weighted by Crippen LogP contribution is -2.37. The van der Waals surface area contributed by atoms with Gasteiger partial charge in [-0.2, -0.15) is 0 Å². The summed E-state index contributed by atoms with van der Waals surface area (Å²) in [4.78, 5) is 24.5. The quantitative estimate of drug-likeness (QED) is 0.718. The van der Waals surface area contributed by atoms with Crippen LogP contribution in [0.2, 0.25) is 0 Å². The zero-order chi connectivity index (χ0) is 12.4. The minimum Gasteiger partial charge on any atom is -0.481 e. The van der Waals surface area contributed by atoms with Gasteiger partial charge in [0.15, 0.2) is 0 Å². The van der Waals surface area contributed by atoms with Crippen LogP contribution in [-0.4, -0.2) is 48.1 Å². The molecular formula is C12H20N2O3. The van der Waals surface area contributed by atoms with Crippen molar-refractivity contribution in [3.05, 3.63) is 0 Å². The Hall–Kier alpha value is -1.10. The molecule has 1 saturated heterocycles. The van der Waals surface area contributed by atoms with E-state index in [2.05, 4.69) is 5.32 Å². The number of hydrogen-bond acceptors (Lipinski definition) is 3. The van der Waals surface area contributed by atoms with Gasteiger partial charge >= 0.3 is 5.97 Å². The van der Waals surface area contributed by atoms with Crippen molar-refractivity contribution in [2.24, 2.45) is 17.8 Å². The second-order valence-electron chi connectivity index (χ2n) is 5.36. The summed E-state index contributed by atoms with van der Waals surface area (Å²) in [6, 6.07) is 0. The number of nitrogens with zero attached hydrogens (tertiary/aromatic N) is 1. The highest BCUT2D eigenvalue weighted by Gasteiger charge is 2.35. The zero-order valence-corrected chi connectivity index (χ0v) is 10.2. The van der Waals surface area contributed by atoms with E-state index < -0.39 is 5.97 Å². The van der Waals surface area contributed by atoms with Crippen LogP contribution in [0.1, 0.15) is 19.8 Å². The van der Waals surface area contributed by atoms with Gasteiger partial charge in [0.05, 0.1) is 12.5 Å². The maximum absolute atomic E-state index is 11.6. The van der Waals surface area contributed by atoms with E-state index in [1.165, 1.54) is 12.8 Å². The van der Waals surface area contributed by atoms with Crippen LogP contribution in [0, 0.1) is 17.8 Å². The maximum atomic E-state index is 11.6. The standard InChI is InChI=1S/C12H20N2O3/c1-8-5-14(6-10(8)12(16)17)7-11(15)13-4-9-2-3-9/h8-10H,2-7H2,1H3,(H,13,15)(H,16,17)/t8-,10-/m1/s1. The first-order chi connectivity index (χ1) is 8.06. The average Bonchev–Trinajstić information content (AvgIpc) is 3.00. The summed E-state index contributed by atoms with van der Waals surface area (Å²) in [5, 5.41) is 11.9. The van der Waals surface area contributed by atoms with E-state index in [9.17, 15) is 9.59 Å². The topological polar surface area (TPSA) is 69.6 Å². The van der Waals surface area contributed by atoms with Crippen LogP contribution in [0.25, 0.3) is 0 Å². The molecule has 2 aliphatic rings. The van der Waals surface area contributed by atoms with E-state index in [-0.39, 0.29) is 17.7 Å². The smallest absolute Gasteiger partial charge is 0.308 e. The Morgan fingerprint density at radius 1 is 1.35 bits per heavy atom. The first-order valence-electron chi connectivity index (χ1n) is 6.28. The van der Waals surface area contributed by atoms with Crippen molar-refractivity contribution in [2.75, 3.05) is 26.2 Å². The summed E-state index contributed by atoms with van der Waals surface area (Å²) >= 11 is 0. The number of amides is 1. The van der Waals surface area contributed by atoms with E-state index in [0.29, 0.717) is 25.6 Å². The van der Waals surface area contributed by atoms with E-state index in [0.717, 1.165) is 6.54 Å². The predicted octanol–water partition coefficient (Wildman–Crippen LogP) is 0.165. The average molecular weight is 240 g/mol. The fourth-order valence-corrected chi connectivity index (χ4v) is 2.36. The molecule has 1 aliphatic carbocycles. The Balaban J connectivity index is 1.72. The molecule has 0 aromatic heterocycles. The van der Waals surface area contributed by atoms with Crippen molar-refractivity contribution < 1.29 is 14.7 Å². The second-order valence-corrected chi connectivity index (χ2v) is 5.36. The third-order valence-electron chi connectivity index (χ3n) is 3.66. The normalized spacial score (nSPS) is 29.2. The summed E-state index contributed by atoms with van der Waals surface area (Å²) < 4.78 is 0. The number of hydrogen-bond donors (Lipinski definition) is 2. The van der Waals surface area contributed by atoms with Crippen LogP contribution in [0.4, 0.5) is 0 Å². The van der Waals surface area contributed by atoms with Gasteiger partial charge in [-0.1, -0.05) is 6.92 Å². The molecule has 96 valence electrons. The summed E-state index contributed by atoms with van der Waals surface area (Å²) in [5.74, 6) is -0.244. The van der Waals surface area contributed by atoms with Gasteiger partial charge in [-0.3, -0.25) is 14.5 Å². The highest BCUT2D eigenvalue weighted by Crippen LogP contribution is 2.27. The molecule has 2 fully saturated rings. The Bertz CT molecular complexity index is 315. The Morgan fingerprint density at radius 2 is 2.06 bits per heavy atom. The van der Waals surface area contributed by atoms with Gasteiger partial charge in [0.25, 0.3) is 0 Å². The molecule has 1 heterocycles. The molecular weight excluding hydrogens is 220 g/mol. The highest BCUT2D eigenvalue weighted by molar-refractivity contribution is 5.78. The summed E-state index contributed by atoms with van der Waals surface area (Å²) in [6.45, 7) is 4.24. The highest BCUT2D eigenvalue weighted by atomic mass is 16.4. The number of rotatable bonds is 5. The van der Waals surface area contributed by atoms with Crippen molar-refractivity contribution >= 4 is 11.9 Å². The lowest BCUT2D eigenvalue weighted by atomic mass is 9.99. The van der Waals surface area contributed by atoms with Crippen LogP contribution in [0.3, 0.4) is 0 Å². The van der Waals surface area contributed by atoms with Gasteiger partial charge in [-0.25, -0.2) is 0 Å². The monoisotopic (exact) mass is 240 g/mol. The summed E-state index contributed by atoms with van der Waals surface area (Å²) in [6.07, 6.45) is 2.45. The minimum absolute atomic E-state index is 0.0233. The van der Waals surface area contributed by atoms with Gasteiger partial charge in [0.1, 0.15) is 0 Å². The van der Waals surface area contributed by atoms with Crippen LogP contribution < -0.4 is 5.32 Å². The Morgan fingerprint density at radius 3 is 2.59 bits per heavy atom. The number of carboxylic acid groups (broad SMARTS) is 1. The molecule has 2 rings (SSSR count). The molecule has 1 aliphatic heterocycles. The van der Waals surface area contributed by atoms with Crippen molar-refractivity contribution in [3.8, 4) is 0 Å². The molecule has 17 heavy (non-hydrogen) atoms. The van der Waals surface area contributed by atoms with E-state index >= 15 is 0 Å². The first kappa shape index (κ1) is 12.4. The molecule has 5 heteroatoms. The van der Waals surface area contributed by atoms with E-state index in [1.54, 1.807) is 0 Å². The number of carbonyl (C=O) groups excluding carboxylic acids is 1. The van der Waals surface area contributed by atoms with Gasteiger partial charge in [-0.05, 0) is 24.7 Å². The van der Waals surface area contributed by atoms with Gasteiger partial charge in [-0.15, -0.1) is 0 Å². The maximum Gasteiger partial charge on any atom is 0.308 e. The predicted molar refractivity (Wildman–Crippen MR) is 62.5 cm³/mol. The third kappa shape index (κ3) is 3.43. The zero-order valence-electron chi connectivity index (χ0n) is 10.2. The molecule has 0 aromatic carbocycles. The largest absolute Gasteiger partial charge is 0.481 e. The molecule has 0 unspecified atom stereocenters. The molecule has 5 nitrogen and oxygen atoms in total. The molecule has 0 bridgehead atoms. The minimum atomic E-state index is -0.751. The molecule has 0 radical (unpaired) electrons. The fourth-order valence-electron chi connectivity index (χ4n) is 2.36. The third-order valence-corrected chi connectivity index (χ3v) is 3.66. The lowest BCUT2D eigenvalue weighted by molar-refractivity contribution is -0.142. The molecule has 2 atom stereocenters. The van der Waals surface area contributed by atoms with E-state index in [1.807, 2.05) is 11.8 Å². The first-order valence-corrected chi connectivity index (χ1v) is 6.28. The molecule has 0 aromatic rings. The van der Waals surface area contributed by atoms with Crippen LogP contribution >= 0.6 is 0 Å². The van der Waals surface area contributed by atoms with Gasteiger partial charge in [0, 0.05) is 19.6 Å². The number of nitrogens with one attached hydrogen (secondary N) is 1. The van der Waals surface area contributed by atoms with Gasteiger partial charge in [0.2, 0.25) is 5.91 Å². The summed E-state index contributed by atoms with van der Waals surface area (Å²) in [5.41, 5.74) is 0. The number of aliphatic carboxylic acids is 1. The van der Waals surface area contributed by atoms with Crippen molar-refractivity contribution in [3.63, 3.8) is 0 Å². The Kier molecular flexibility index (Phi) is 3.66. The van der Waals surface area contributed by atoms with Crippen molar-refractivity contribution in [1.29, 1.82) is 0 Å². The number of likely N-dealkylation sites (tertiary alicyclic amines) is 1. The Labute approximate surface area is 101 Å². The van der Waals surface area contributed by atoms with Crippen molar-refractivity contribution in [1.82, 2.24) is 10.2 Å². The number of carbonyl (C=O) groups is 2. The van der Waals surface area contributed by atoms with Crippen molar-refractivity contribution in [2.45, 2.75) is 19.8 Å². The SMILES string of the molecule is C[C@@H]1CN(CC(=O)NCC2CC2)C[C@H]1C(=O)O. The molecule has 2 N–H and O–H groups in total. The van der Waals surface area contributed by atoms with E-state index in [4.69, 9.17) is 5.11 Å².